The van der Waals surface area contributed by atoms with Gasteiger partial charge in [-0.1, -0.05) is 0 Å². The third kappa shape index (κ3) is 4.67. The third-order valence-electron chi connectivity index (χ3n) is 4.79. The van der Waals surface area contributed by atoms with Crippen LogP contribution in [-0.2, 0) is 4.74 Å². The Hall–Kier alpha value is -2.93. The number of hydrogen-bond donors (Lipinski definition) is 1. The van der Waals surface area contributed by atoms with Gasteiger partial charge in [-0.15, -0.1) is 0 Å². The average molecular weight is 382 g/mol. The number of nitrogens with zero attached hydrogens (tertiary/aromatic N) is 3. The Balaban J connectivity index is 1.68. The molecule has 0 bridgehead atoms. The van der Waals surface area contributed by atoms with Crippen molar-refractivity contribution in [1.29, 1.82) is 0 Å². The molecule has 2 aromatic rings. The number of carbonyl (C=O) groups excluding carboxylic acids is 2. The van der Waals surface area contributed by atoms with Gasteiger partial charge >= 0.3 is 0 Å². The minimum Gasteiger partial charge on any atom is -0.378 e. The van der Waals surface area contributed by atoms with Crippen molar-refractivity contribution in [2.75, 3.05) is 49.6 Å². The van der Waals surface area contributed by atoms with Gasteiger partial charge in [0.15, 0.2) is 0 Å². The number of anilines is 2. The van der Waals surface area contributed by atoms with Crippen molar-refractivity contribution in [2.45, 2.75) is 13.8 Å². The fraction of sp³-hybridized carbons (Fsp3) is 0.381. The van der Waals surface area contributed by atoms with Crippen LogP contribution in [0.1, 0.15) is 34.7 Å². The van der Waals surface area contributed by atoms with Gasteiger partial charge in [0.2, 0.25) is 0 Å². The van der Waals surface area contributed by atoms with Crippen LogP contribution < -0.4 is 10.2 Å². The first-order valence-electron chi connectivity index (χ1n) is 9.61. The van der Waals surface area contributed by atoms with Crippen molar-refractivity contribution in [3.05, 3.63) is 53.9 Å². The van der Waals surface area contributed by atoms with E-state index in [1.54, 1.807) is 11.0 Å². The molecule has 0 aliphatic carbocycles. The van der Waals surface area contributed by atoms with Crippen LogP contribution in [-0.4, -0.2) is 61.1 Å². The van der Waals surface area contributed by atoms with Crippen LogP contribution in [0.3, 0.4) is 0 Å². The smallest absolute Gasteiger partial charge is 0.272 e. The zero-order chi connectivity index (χ0) is 19.9. The Morgan fingerprint density at radius 1 is 1.11 bits per heavy atom. The lowest BCUT2D eigenvalue weighted by Gasteiger charge is -2.26. The molecular weight excluding hydrogens is 356 g/mol. The number of ether oxygens (including phenoxy) is 1. The van der Waals surface area contributed by atoms with Crippen LogP contribution in [0.15, 0.2) is 42.6 Å². The maximum Gasteiger partial charge on any atom is 0.272 e. The van der Waals surface area contributed by atoms with Crippen molar-refractivity contribution < 1.29 is 14.3 Å². The standard InChI is InChI=1S/C21H26N4O3/c1-3-24(4-2)18-7-5-17(6-8-18)23-20(26)16-9-10-22-19(15-16)21(27)25-11-13-28-14-12-25/h5-10,15H,3-4,11-14H2,1-2H3,(H,23,26). The molecule has 2 heterocycles. The summed E-state index contributed by atoms with van der Waals surface area (Å²) in [5.74, 6) is -0.449. The summed E-state index contributed by atoms with van der Waals surface area (Å²) in [6.45, 7) is 8.20. The number of morpholine rings is 1. The molecule has 1 saturated heterocycles. The van der Waals surface area contributed by atoms with Gasteiger partial charge in [0.1, 0.15) is 5.69 Å². The van der Waals surface area contributed by atoms with Gasteiger partial charge in [0.25, 0.3) is 11.8 Å². The summed E-state index contributed by atoms with van der Waals surface area (Å²) in [6, 6.07) is 10.9. The van der Waals surface area contributed by atoms with E-state index in [9.17, 15) is 9.59 Å². The van der Waals surface area contributed by atoms with Gasteiger partial charge in [-0.25, -0.2) is 0 Å². The Labute approximate surface area is 165 Å². The van der Waals surface area contributed by atoms with Crippen molar-refractivity contribution in [3.8, 4) is 0 Å². The van der Waals surface area contributed by atoms with E-state index in [0.29, 0.717) is 37.6 Å². The van der Waals surface area contributed by atoms with Crippen LogP contribution in [0.4, 0.5) is 11.4 Å². The predicted molar refractivity (Wildman–Crippen MR) is 109 cm³/mol. The summed E-state index contributed by atoms with van der Waals surface area (Å²) >= 11 is 0. The molecule has 2 amide bonds. The second-order valence-corrected chi connectivity index (χ2v) is 6.51. The molecular formula is C21H26N4O3. The summed E-state index contributed by atoms with van der Waals surface area (Å²) in [5.41, 5.74) is 2.50. The van der Waals surface area contributed by atoms with Crippen molar-refractivity contribution in [2.24, 2.45) is 0 Å². The number of carbonyl (C=O) groups is 2. The SMILES string of the molecule is CCN(CC)c1ccc(NC(=O)c2ccnc(C(=O)N3CCOCC3)c2)cc1. The lowest BCUT2D eigenvalue weighted by atomic mass is 10.2. The van der Waals surface area contributed by atoms with E-state index in [1.165, 1.54) is 12.3 Å². The molecule has 1 N–H and O–H groups in total. The monoisotopic (exact) mass is 382 g/mol. The van der Waals surface area contributed by atoms with Crippen molar-refractivity contribution in [3.63, 3.8) is 0 Å². The largest absolute Gasteiger partial charge is 0.378 e. The highest BCUT2D eigenvalue weighted by Crippen LogP contribution is 2.18. The molecule has 148 valence electrons. The summed E-state index contributed by atoms with van der Waals surface area (Å²) in [7, 11) is 0. The van der Waals surface area contributed by atoms with E-state index in [-0.39, 0.29) is 17.5 Å². The van der Waals surface area contributed by atoms with E-state index in [1.807, 2.05) is 24.3 Å². The van der Waals surface area contributed by atoms with Crippen molar-refractivity contribution in [1.82, 2.24) is 9.88 Å². The number of amides is 2. The highest BCUT2D eigenvalue weighted by Gasteiger charge is 2.20. The third-order valence-corrected chi connectivity index (χ3v) is 4.79. The summed E-state index contributed by atoms with van der Waals surface area (Å²) in [5, 5.41) is 2.88. The van der Waals surface area contributed by atoms with Crippen LogP contribution in [0.2, 0.25) is 0 Å². The fourth-order valence-electron chi connectivity index (χ4n) is 3.16. The van der Waals surface area contributed by atoms with Gasteiger partial charge in [0.05, 0.1) is 13.2 Å². The average Bonchev–Trinajstić information content (AvgIpc) is 2.76. The number of pyridine rings is 1. The minimum absolute atomic E-state index is 0.179. The Bertz CT molecular complexity index is 813. The first kappa shape index (κ1) is 19.8. The van der Waals surface area contributed by atoms with Crippen LogP contribution in [0.5, 0.6) is 0 Å². The number of aromatic nitrogens is 1. The molecule has 1 aliphatic rings. The highest BCUT2D eigenvalue weighted by molar-refractivity contribution is 6.05. The molecule has 1 aliphatic heterocycles. The van der Waals surface area contributed by atoms with Crippen LogP contribution >= 0.6 is 0 Å². The van der Waals surface area contributed by atoms with Crippen molar-refractivity contribution >= 4 is 23.2 Å². The maximum atomic E-state index is 12.6. The highest BCUT2D eigenvalue weighted by atomic mass is 16.5. The molecule has 3 rings (SSSR count). The van der Waals surface area contributed by atoms with E-state index < -0.39 is 0 Å². The van der Waals surface area contributed by atoms with Gasteiger partial charge in [0, 0.05) is 49.3 Å². The molecule has 0 radical (unpaired) electrons. The summed E-state index contributed by atoms with van der Waals surface area (Å²) in [6.07, 6.45) is 1.49. The molecule has 1 aromatic heterocycles. The minimum atomic E-state index is -0.269. The molecule has 0 unspecified atom stereocenters. The molecule has 0 saturated carbocycles. The topological polar surface area (TPSA) is 74.8 Å². The number of nitrogens with one attached hydrogen (secondary N) is 1. The number of hydrogen-bond acceptors (Lipinski definition) is 5. The maximum absolute atomic E-state index is 12.6. The van der Waals surface area contributed by atoms with E-state index in [2.05, 4.69) is 29.0 Å². The Morgan fingerprint density at radius 2 is 1.79 bits per heavy atom. The lowest BCUT2D eigenvalue weighted by molar-refractivity contribution is 0.0299. The second-order valence-electron chi connectivity index (χ2n) is 6.51. The fourth-order valence-corrected chi connectivity index (χ4v) is 3.16. The van der Waals surface area contributed by atoms with E-state index in [0.717, 1.165) is 18.8 Å². The predicted octanol–water partition coefficient (Wildman–Crippen LogP) is 2.65. The number of rotatable bonds is 6. The molecule has 0 spiro atoms. The van der Waals surface area contributed by atoms with Crippen LogP contribution in [0.25, 0.3) is 0 Å². The normalized spacial score (nSPS) is 13.9. The molecule has 7 heteroatoms. The van der Waals surface area contributed by atoms with Gasteiger partial charge in [-0.3, -0.25) is 14.6 Å². The Kier molecular flexibility index (Phi) is 6.60. The van der Waals surface area contributed by atoms with Crippen LogP contribution in [0, 0.1) is 0 Å². The van der Waals surface area contributed by atoms with Gasteiger partial charge in [-0.05, 0) is 50.2 Å². The zero-order valence-corrected chi connectivity index (χ0v) is 16.4. The lowest BCUT2D eigenvalue weighted by Crippen LogP contribution is -2.41. The van der Waals surface area contributed by atoms with E-state index in [4.69, 9.17) is 4.74 Å². The zero-order valence-electron chi connectivity index (χ0n) is 16.4. The van der Waals surface area contributed by atoms with Gasteiger partial charge in [-0.2, -0.15) is 0 Å². The van der Waals surface area contributed by atoms with Gasteiger partial charge < -0.3 is 19.9 Å². The first-order chi connectivity index (χ1) is 13.6. The molecule has 1 aromatic carbocycles. The number of benzene rings is 1. The van der Waals surface area contributed by atoms with E-state index >= 15 is 0 Å². The molecule has 7 nitrogen and oxygen atoms in total. The quantitative estimate of drug-likeness (QED) is 0.831. The second kappa shape index (κ2) is 9.32. The summed E-state index contributed by atoms with van der Waals surface area (Å²) in [4.78, 5) is 33.2. The first-order valence-corrected chi connectivity index (χ1v) is 9.61. The molecule has 1 fully saturated rings. The summed E-state index contributed by atoms with van der Waals surface area (Å²) < 4.78 is 5.27. The molecule has 0 atom stereocenters. The Morgan fingerprint density at radius 3 is 2.43 bits per heavy atom. The molecule has 28 heavy (non-hydrogen) atoms.